The molecule has 2 N–H and O–H groups in total. The molecule has 7 rings (SSSR count). The zero-order chi connectivity index (χ0) is 39.9. The molecule has 0 aliphatic heterocycles. The van der Waals surface area contributed by atoms with E-state index in [0.29, 0.717) is 11.5 Å². The van der Waals surface area contributed by atoms with Gasteiger partial charge in [0.25, 0.3) is 0 Å². The molecule has 0 aliphatic carbocycles. The molecular weight excluding hydrogens is 681 g/mol. The minimum absolute atomic E-state index is 0.103. The van der Waals surface area contributed by atoms with Gasteiger partial charge in [0.05, 0.1) is 0 Å². The van der Waals surface area contributed by atoms with Crippen molar-refractivity contribution in [1.29, 1.82) is 0 Å². The quantitative estimate of drug-likeness (QED) is 0.147. The Morgan fingerprint density at radius 2 is 0.714 bits per heavy atom. The van der Waals surface area contributed by atoms with E-state index in [-0.39, 0.29) is 28.6 Å². The molecule has 0 bridgehead atoms. The van der Waals surface area contributed by atoms with Crippen LogP contribution in [-0.4, -0.2) is 10.2 Å². The molecule has 0 aromatic heterocycles. The highest BCUT2D eigenvalue weighted by Gasteiger charge is 2.30. The van der Waals surface area contributed by atoms with Gasteiger partial charge >= 0.3 is 0 Å². The summed E-state index contributed by atoms with van der Waals surface area (Å²) in [6.07, 6.45) is 0. The number of phenolic OH excluding ortho intramolecular Hbond substituents is 2. The van der Waals surface area contributed by atoms with Crippen LogP contribution in [0, 0.1) is 0 Å². The summed E-state index contributed by atoms with van der Waals surface area (Å²) in [4.78, 5) is 0. The number of phenols is 2. The molecule has 7 aromatic carbocycles. The first-order valence-electron chi connectivity index (χ1n) is 19.9. The molecule has 7 aromatic rings. The summed E-state index contributed by atoms with van der Waals surface area (Å²) in [6, 6.07) is 62.8. The van der Waals surface area contributed by atoms with E-state index in [2.05, 4.69) is 182 Å². The zero-order valence-corrected chi connectivity index (χ0v) is 33.9. The van der Waals surface area contributed by atoms with Gasteiger partial charge in [0.15, 0.2) is 0 Å². The van der Waals surface area contributed by atoms with Crippen molar-refractivity contribution in [2.75, 3.05) is 0 Å². The second-order valence-corrected chi connectivity index (χ2v) is 16.2. The van der Waals surface area contributed by atoms with Crippen molar-refractivity contribution in [2.24, 2.45) is 0 Å². The fraction of sp³-hybridized carbons (Fsp3) is 0.222. The zero-order valence-electron chi connectivity index (χ0n) is 33.9. The number of aromatic hydroxyl groups is 2. The summed E-state index contributed by atoms with van der Waals surface area (Å²) in [6.45, 7) is 15.4. The monoisotopic (exact) mass is 736 g/mol. The molecule has 0 saturated carbocycles. The maximum absolute atomic E-state index is 11.4. The molecule has 0 fully saturated rings. The van der Waals surface area contributed by atoms with Gasteiger partial charge in [0.1, 0.15) is 11.5 Å². The first-order chi connectivity index (χ1) is 26.9. The predicted octanol–water partition coefficient (Wildman–Crippen LogP) is 13.9. The van der Waals surface area contributed by atoms with E-state index in [1.165, 1.54) is 38.9 Å². The number of hydrogen-bond donors (Lipinski definition) is 2. The van der Waals surface area contributed by atoms with Gasteiger partial charge in [0.2, 0.25) is 0 Å². The van der Waals surface area contributed by atoms with Crippen LogP contribution in [-0.2, 0) is 10.8 Å². The van der Waals surface area contributed by atoms with Crippen molar-refractivity contribution >= 4 is 0 Å². The molecule has 2 nitrogen and oxygen atoms in total. The lowest BCUT2D eigenvalue weighted by Crippen LogP contribution is -2.23. The van der Waals surface area contributed by atoms with Crippen LogP contribution >= 0.6 is 0 Å². The summed E-state index contributed by atoms with van der Waals surface area (Å²) in [5.74, 6) is 1.21. The van der Waals surface area contributed by atoms with Crippen LogP contribution in [0.3, 0.4) is 0 Å². The highest BCUT2D eigenvalue weighted by atomic mass is 16.3. The third kappa shape index (κ3) is 8.66. The normalized spacial score (nSPS) is 13.2. The van der Waals surface area contributed by atoms with E-state index in [0.717, 1.165) is 16.7 Å². The standard InChI is InChI=1S/C30H30O.C24H26O/c1-21(24-13-7-4-8-14-24)27-19-28(22(2)25-15-9-5-10-16-25)30(31)29(20-27)23(3)26-17-11-6-12-18-26;1-23(2,18-11-7-5-8-12-18)20-15-16-22(25)21(17-20)24(3,4)19-13-9-6-10-14-19/h4-23,31H,1-3H3;5-17,25H,1-4H3. The highest BCUT2D eigenvalue weighted by molar-refractivity contribution is 5.54. The molecule has 3 unspecified atom stereocenters. The lowest BCUT2D eigenvalue weighted by Gasteiger charge is -2.31. The molecule has 3 atom stereocenters. The third-order valence-electron chi connectivity index (χ3n) is 11.9. The molecule has 2 heteroatoms. The number of rotatable bonds is 10. The lowest BCUT2D eigenvalue weighted by atomic mass is 9.73. The molecule has 0 spiro atoms. The SMILES string of the molecule is CC(C)(c1ccccc1)c1ccc(O)c(C(C)(C)c2ccccc2)c1.CC(c1ccccc1)c1cc(C(C)c2ccccc2)c(O)c(C(C)c2ccccc2)c1. The molecular formula is C54H56O2. The fourth-order valence-corrected chi connectivity index (χ4v) is 7.85. The van der Waals surface area contributed by atoms with Crippen LogP contribution in [0.4, 0.5) is 0 Å². The van der Waals surface area contributed by atoms with Crippen molar-refractivity contribution in [3.8, 4) is 11.5 Å². The topological polar surface area (TPSA) is 40.5 Å². The van der Waals surface area contributed by atoms with Gasteiger partial charge in [-0.15, -0.1) is 0 Å². The summed E-state index contributed by atoms with van der Waals surface area (Å²) in [7, 11) is 0. The summed E-state index contributed by atoms with van der Waals surface area (Å²) < 4.78 is 0. The van der Waals surface area contributed by atoms with Crippen molar-refractivity contribution in [1.82, 2.24) is 0 Å². The Morgan fingerprint density at radius 1 is 0.357 bits per heavy atom. The van der Waals surface area contributed by atoms with Gasteiger partial charge in [-0.25, -0.2) is 0 Å². The van der Waals surface area contributed by atoms with Crippen LogP contribution in [0.15, 0.2) is 182 Å². The van der Waals surface area contributed by atoms with Crippen LogP contribution in [0.5, 0.6) is 11.5 Å². The van der Waals surface area contributed by atoms with Crippen molar-refractivity contribution < 1.29 is 10.2 Å². The first kappa shape index (κ1) is 39.8. The minimum atomic E-state index is -0.270. The molecule has 0 radical (unpaired) electrons. The molecule has 0 saturated heterocycles. The van der Waals surface area contributed by atoms with E-state index >= 15 is 0 Å². The average Bonchev–Trinajstić information content (AvgIpc) is 3.25. The van der Waals surface area contributed by atoms with E-state index < -0.39 is 0 Å². The Labute approximate surface area is 335 Å². The second kappa shape index (κ2) is 17.3. The fourth-order valence-electron chi connectivity index (χ4n) is 7.85. The van der Waals surface area contributed by atoms with Crippen molar-refractivity contribution in [3.05, 3.63) is 238 Å². The molecule has 0 aliphatic rings. The van der Waals surface area contributed by atoms with E-state index in [1.807, 2.05) is 48.5 Å². The van der Waals surface area contributed by atoms with Crippen LogP contribution in [0.1, 0.15) is 122 Å². The minimum Gasteiger partial charge on any atom is -0.508 e. The summed E-state index contributed by atoms with van der Waals surface area (Å²) in [5, 5.41) is 22.0. The van der Waals surface area contributed by atoms with E-state index in [9.17, 15) is 10.2 Å². The summed E-state index contributed by atoms with van der Waals surface area (Å²) in [5.41, 5.74) is 11.1. The van der Waals surface area contributed by atoms with Crippen LogP contribution in [0.25, 0.3) is 0 Å². The van der Waals surface area contributed by atoms with Gasteiger partial charge in [-0.05, 0) is 45.0 Å². The van der Waals surface area contributed by atoms with Gasteiger partial charge in [-0.3, -0.25) is 0 Å². The van der Waals surface area contributed by atoms with E-state index in [1.54, 1.807) is 0 Å². The number of benzene rings is 7. The van der Waals surface area contributed by atoms with Gasteiger partial charge < -0.3 is 10.2 Å². The van der Waals surface area contributed by atoms with Crippen molar-refractivity contribution in [3.63, 3.8) is 0 Å². The number of hydrogen-bond acceptors (Lipinski definition) is 2. The maximum Gasteiger partial charge on any atom is 0.123 e. The molecule has 56 heavy (non-hydrogen) atoms. The van der Waals surface area contributed by atoms with Crippen LogP contribution in [0.2, 0.25) is 0 Å². The Hall–Kier alpha value is -5.86. The smallest absolute Gasteiger partial charge is 0.123 e. The molecule has 0 heterocycles. The van der Waals surface area contributed by atoms with Gasteiger partial charge in [0, 0.05) is 45.3 Å². The largest absolute Gasteiger partial charge is 0.508 e. The lowest BCUT2D eigenvalue weighted by molar-refractivity contribution is 0.451. The third-order valence-corrected chi connectivity index (χ3v) is 11.9. The Bertz CT molecular complexity index is 2230. The highest BCUT2D eigenvalue weighted by Crippen LogP contribution is 2.43. The second-order valence-electron chi connectivity index (χ2n) is 16.2. The van der Waals surface area contributed by atoms with Crippen molar-refractivity contribution in [2.45, 2.75) is 77.0 Å². The molecule has 284 valence electrons. The van der Waals surface area contributed by atoms with E-state index in [4.69, 9.17) is 0 Å². The Morgan fingerprint density at radius 3 is 1.12 bits per heavy atom. The summed E-state index contributed by atoms with van der Waals surface area (Å²) >= 11 is 0. The van der Waals surface area contributed by atoms with Crippen LogP contribution < -0.4 is 0 Å². The average molecular weight is 737 g/mol. The van der Waals surface area contributed by atoms with Gasteiger partial charge in [-0.1, -0.05) is 224 Å². The van der Waals surface area contributed by atoms with Gasteiger partial charge in [-0.2, -0.15) is 0 Å². The maximum atomic E-state index is 11.4. The first-order valence-corrected chi connectivity index (χ1v) is 19.9. The predicted molar refractivity (Wildman–Crippen MR) is 235 cm³/mol. The molecule has 0 amide bonds. The Balaban J connectivity index is 0.000000194. The Kier molecular flexibility index (Phi) is 12.3.